The molecule has 0 aromatic carbocycles. The molecule has 5 heteroatoms. The van der Waals surface area contributed by atoms with Gasteiger partial charge in [-0.2, -0.15) is 0 Å². The van der Waals surface area contributed by atoms with Crippen molar-refractivity contribution in [3.05, 3.63) is 18.1 Å². The lowest BCUT2D eigenvalue weighted by Crippen LogP contribution is -2.19. The molecule has 0 aliphatic carbocycles. The highest BCUT2D eigenvalue weighted by molar-refractivity contribution is 5.83. The summed E-state index contributed by atoms with van der Waals surface area (Å²) in [5.41, 5.74) is 2.29. The second-order valence-electron chi connectivity index (χ2n) is 5.30. The smallest absolute Gasteiger partial charge is 0.199 e. The molecule has 1 aliphatic rings. The highest BCUT2D eigenvalue weighted by Crippen LogP contribution is 2.33. The minimum absolute atomic E-state index is 0.804. The number of nitrogens with zero attached hydrogens (tertiary/aromatic N) is 4. The van der Waals surface area contributed by atoms with Gasteiger partial charge < -0.3 is 9.64 Å². The van der Waals surface area contributed by atoms with Gasteiger partial charge in [0.15, 0.2) is 5.88 Å². The molecule has 0 spiro atoms. The van der Waals surface area contributed by atoms with Gasteiger partial charge in [-0.3, -0.25) is 4.57 Å². The van der Waals surface area contributed by atoms with E-state index in [0.717, 1.165) is 49.5 Å². The molecule has 0 radical (unpaired) electrons. The minimum atomic E-state index is 0.804. The molecule has 2 aromatic rings. The van der Waals surface area contributed by atoms with Crippen molar-refractivity contribution in [2.24, 2.45) is 0 Å². The van der Waals surface area contributed by atoms with Crippen molar-refractivity contribution < 1.29 is 4.74 Å². The molecular formula is C14H20N4O. The van der Waals surface area contributed by atoms with Gasteiger partial charge in [-0.25, -0.2) is 9.97 Å². The molecule has 3 heterocycles. The fraction of sp³-hybridized carbons (Fsp3) is 0.571. The fourth-order valence-electron chi connectivity index (χ4n) is 2.61. The Bertz CT molecular complexity index is 576. The normalized spacial score (nSPS) is 15.3. The second-order valence-corrected chi connectivity index (χ2v) is 5.30. The van der Waals surface area contributed by atoms with E-state index in [1.54, 1.807) is 6.33 Å². The zero-order chi connectivity index (χ0) is 13.2. The number of hydrogen-bond acceptors (Lipinski definition) is 4. The topological polar surface area (TPSA) is 43.2 Å². The third kappa shape index (κ3) is 2.30. The SMILES string of the molecule is CN(C)CCn1c2c(c3cncnc31)CCCCO2. The summed E-state index contributed by atoms with van der Waals surface area (Å²) in [4.78, 5) is 10.8. The van der Waals surface area contributed by atoms with Crippen molar-refractivity contribution >= 4 is 11.0 Å². The van der Waals surface area contributed by atoms with Gasteiger partial charge in [0, 0.05) is 30.2 Å². The lowest BCUT2D eigenvalue weighted by molar-refractivity contribution is 0.284. The predicted octanol–water partition coefficient (Wildman–Crippen LogP) is 1.71. The van der Waals surface area contributed by atoms with E-state index in [1.165, 1.54) is 12.0 Å². The molecule has 19 heavy (non-hydrogen) atoms. The van der Waals surface area contributed by atoms with Crippen LogP contribution in [0.3, 0.4) is 0 Å². The number of ether oxygens (including phenoxy) is 1. The minimum Gasteiger partial charge on any atom is -0.479 e. The second kappa shape index (κ2) is 5.17. The summed E-state index contributed by atoms with van der Waals surface area (Å²) in [7, 11) is 4.17. The molecule has 0 saturated carbocycles. The Morgan fingerprint density at radius 3 is 3.11 bits per heavy atom. The Balaban J connectivity index is 2.09. The average Bonchev–Trinajstić information content (AvgIpc) is 2.56. The summed E-state index contributed by atoms with van der Waals surface area (Å²) in [5.74, 6) is 1.01. The van der Waals surface area contributed by atoms with E-state index in [4.69, 9.17) is 4.74 Å². The van der Waals surface area contributed by atoms with Gasteiger partial charge in [0.1, 0.15) is 12.0 Å². The Hall–Kier alpha value is -1.62. The molecule has 0 amide bonds. The third-order valence-electron chi connectivity index (χ3n) is 3.61. The van der Waals surface area contributed by atoms with E-state index >= 15 is 0 Å². The van der Waals surface area contributed by atoms with Gasteiger partial charge in [0.25, 0.3) is 0 Å². The Morgan fingerprint density at radius 1 is 1.37 bits per heavy atom. The van der Waals surface area contributed by atoms with Crippen LogP contribution in [0, 0.1) is 0 Å². The van der Waals surface area contributed by atoms with Gasteiger partial charge >= 0.3 is 0 Å². The van der Waals surface area contributed by atoms with Crippen molar-refractivity contribution in [2.75, 3.05) is 27.2 Å². The zero-order valence-corrected chi connectivity index (χ0v) is 11.6. The van der Waals surface area contributed by atoms with E-state index in [1.807, 2.05) is 6.20 Å². The Kier molecular flexibility index (Phi) is 3.38. The number of aromatic nitrogens is 3. The largest absolute Gasteiger partial charge is 0.479 e. The first-order valence-electron chi connectivity index (χ1n) is 6.86. The van der Waals surface area contributed by atoms with E-state index in [0.29, 0.717) is 0 Å². The standard InChI is InChI=1S/C14H20N4O/c1-17(2)6-7-18-13-12(9-15-10-16-13)11-5-3-4-8-19-14(11)18/h9-10H,3-8H2,1-2H3. The Morgan fingerprint density at radius 2 is 2.26 bits per heavy atom. The van der Waals surface area contributed by atoms with Crippen LogP contribution in [0.15, 0.2) is 12.5 Å². The lowest BCUT2D eigenvalue weighted by Gasteiger charge is -2.14. The highest BCUT2D eigenvalue weighted by Gasteiger charge is 2.21. The zero-order valence-electron chi connectivity index (χ0n) is 11.6. The molecule has 0 fully saturated rings. The van der Waals surface area contributed by atoms with Crippen molar-refractivity contribution in [3.63, 3.8) is 0 Å². The van der Waals surface area contributed by atoms with Crippen LogP contribution < -0.4 is 4.74 Å². The van der Waals surface area contributed by atoms with E-state index < -0.39 is 0 Å². The summed E-state index contributed by atoms with van der Waals surface area (Å²) in [5, 5.41) is 1.15. The van der Waals surface area contributed by atoms with Crippen molar-refractivity contribution in [1.82, 2.24) is 19.4 Å². The fourth-order valence-corrected chi connectivity index (χ4v) is 2.61. The highest BCUT2D eigenvalue weighted by atomic mass is 16.5. The molecule has 0 unspecified atom stereocenters. The summed E-state index contributed by atoms with van der Waals surface area (Å²) in [6, 6.07) is 0. The number of fused-ring (bicyclic) bond motifs is 3. The van der Waals surface area contributed by atoms with Crippen LogP contribution in [-0.2, 0) is 13.0 Å². The predicted molar refractivity (Wildman–Crippen MR) is 74.5 cm³/mol. The van der Waals surface area contributed by atoms with Gasteiger partial charge in [-0.05, 0) is 33.4 Å². The molecule has 102 valence electrons. The quantitative estimate of drug-likeness (QED) is 0.842. The molecule has 0 N–H and O–H groups in total. The van der Waals surface area contributed by atoms with E-state index in [9.17, 15) is 0 Å². The first kappa shape index (κ1) is 12.4. The molecular weight excluding hydrogens is 240 g/mol. The van der Waals surface area contributed by atoms with Crippen LogP contribution in [-0.4, -0.2) is 46.7 Å². The van der Waals surface area contributed by atoms with E-state index in [2.05, 4.69) is 33.5 Å². The first-order valence-corrected chi connectivity index (χ1v) is 6.86. The van der Waals surface area contributed by atoms with Crippen LogP contribution in [0.25, 0.3) is 11.0 Å². The number of rotatable bonds is 3. The molecule has 0 atom stereocenters. The maximum atomic E-state index is 5.97. The van der Waals surface area contributed by atoms with Crippen LogP contribution in [0.4, 0.5) is 0 Å². The summed E-state index contributed by atoms with van der Waals surface area (Å²) < 4.78 is 8.18. The molecule has 5 nitrogen and oxygen atoms in total. The maximum absolute atomic E-state index is 5.97. The van der Waals surface area contributed by atoms with Crippen molar-refractivity contribution in [3.8, 4) is 5.88 Å². The maximum Gasteiger partial charge on any atom is 0.199 e. The third-order valence-corrected chi connectivity index (χ3v) is 3.61. The van der Waals surface area contributed by atoms with Crippen LogP contribution in [0.5, 0.6) is 5.88 Å². The molecule has 1 aliphatic heterocycles. The average molecular weight is 260 g/mol. The van der Waals surface area contributed by atoms with Crippen LogP contribution in [0.2, 0.25) is 0 Å². The number of likely N-dealkylation sites (N-methyl/N-ethyl adjacent to an activating group) is 1. The van der Waals surface area contributed by atoms with Gasteiger partial charge in [-0.1, -0.05) is 0 Å². The molecule has 2 aromatic heterocycles. The summed E-state index contributed by atoms with van der Waals surface area (Å²) in [6.07, 6.45) is 6.90. The van der Waals surface area contributed by atoms with Gasteiger partial charge in [-0.15, -0.1) is 0 Å². The van der Waals surface area contributed by atoms with E-state index in [-0.39, 0.29) is 0 Å². The van der Waals surface area contributed by atoms with Gasteiger partial charge in [0.2, 0.25) is 0 Å². The van der Waals surface area contributed by atoms with Crippen molar-refractivity contribution in [1.29, 1.82) is 0 Å². The van der Waals surface area contributed by atoms with Crippen LogP contribution in [0.1, 0.15) is 18.4 Å². The Labute approximate surface area is 113 Å². The summed E-state index contributed by atoms with van der Waals surface area (Å²) >= 11 is 0. The molecule has 3 rings (SSSR count). The first-order chi connectivity index (χ1) is 9.27. The number of aryl methyl sites for hydroxylation is 1. The van der Waals surface area contributed by atoms with Crippen molar-refractivity contribution in [2.45, 2.75) is 25.8 Å². The monoisotopic (exact) mass is 260 g/mol. The van der Waals surface area contributed by atoms with Gasteiger partial charge in [0.05, 0.1) is 6.61 Å². The summed E-state index contributed by atoms with van der Waals surface area (Å²) in [6.45, 7) is 2.68. The molecule has 0 bridgehead atoms. The molecule has 0 saturated heterocycles. The number of hydrogen-bond donors (Lipinski definition) is 0. The van der Waals surface area contributed by atoms with Crippen LogP contribution >= 0.6 is 0 Å². The lowest BCUT2D eigenvalue weighted by atomic mass is 10.1.